The van der Waals surface area contributed by atoms with Crippen molar-refractivity contribution in [3.8, 4) is 0 Å². The van der Waals surface area contributed by atoms with Crippen LogP contribution in [0.3, 0.4) is 0 Å². The molecule has 0 aliphatic carbocycles. The Hall–Kier alpha value is -1.35. The second-order valence-electron chi connectivity index (χ2n) is 5.57. The van der Waals surface area contributed by atoms with Gasteiger partial charge in [0.25, 0.3) is 0 Å². The second kappa shape index (κ2) is 7.60. The second-order valence-corrected chi connectivity index (χ2v) is 6.01. The fraction of sp³-hybridized carbons (Fsp3) is 0.333. The van der Waals surface area contributed by atoms with Gasteiger partial charge in [0.15, 0.2) is 0 Å². The first kappa shape index (κ1) is 16.0. The highest BCUT2D eigenvalue weighted by molar-refractivity contribution is 6.30. The lowest BCUT2D eigenvalue weighted by Gasteiger charge is -2.18. The maximum Gasteiger partial charge on any atom is 0.0914 e. The molecule has 2 nitrogen and oxygen atoms in total. The Kier molecular flexibility index (Phi) is 5.80. The molecule has 0 radical (unpaired) electrons. The Morgan fingerprint density at radius 2 is 1.86 bits per heavy atom. The Morgan fingerprint density at radius 1 is 1.14 bits per heavy atom. The van der Waals surface area contributed by atoms with Gasteiger partial charge >= 0.3 is 0 Å². The molecule has 0 bridgehead atoms. The van der Waals surface area contributed by atoms with Gasteiger partial charge in [-0.3, -0.25) is 0 Å². The van der Waals surface area contributed by atoms with Crippen molar-refractivity contribution in [2.24, 2.45) is 0 Å². The summed E-state index contributed by atoms with van der Waals surface area (Å²) in [5.41, 5.74) is 3.42. The van der Waals surface area contributed by atoms with Crippen LogP contribution in [0.15, 0.2) is 48.5 Å². The van der Waals surface area contributed by atoms with Gasteiger partial charge in [0.1, 0.15) is 0 Å². The molecule has 0 aliphatic heterocycles. The summed E-state index contributed by atoms with van der Waals surface area (Å²) < 4.78 is 0. The summed E-state index contributed by atoms with van der Waals surface area (Å²) in [6.07, 6.45) is 0.409. The molecule has 0 spiro atoms. The number of hydrogen-bond donors (Lipinski definition) is 2. The van der Waals surface area contributed by atoms with Gasteiger partial charge in [0.05, 0.1) is 6.10 Å². The van der Waals surface area contributed by atoms with Crippen molar-refractivity contribution in [1.82, 2.24) is 5.32 Å². The standard InChI is InChI=1S/C18H22ClNO/c1-13-6-8-15(9-7-13)10-14(2)20-12-18(21)16-4-3-5-17(19)11-16/h3-9,11,14,18,20-21H,10,12H2,1-2H3/t14-,18+/m1/s1. The number of aryl methyl sites for hydroxylation is 1. The van der Waals surface area contributed by atoms with E-state index in [-0.39, 0.29) is 0 Å². The van der Waals surface area contributed by atoms with Gasteiger partial charge in [-0.05, 0) is 43.5 Å². The SMILES string of the molecule is Cc1ccc(C[C@@H](C)NC[C@H](O)c2cccc(Cl)c2)cc1. The molecular weight excluding hydrogens is 282 g/mol. The number of benzene rings is 2. The van der Waals surface area contributed by atoms with E-state index >= 15 is 0 Å². The van der Waals surface area contributed by atoms with Crippen LogP contribution < -0.4 is 5.32 Å². The molecule has 2 aromatic carbocycles. The fourth-order valence-corrected chi connectivity index (χ4v) is 2.49. The third-order valence-corrected chi connectivity index (χ3v) is 3.79. The van der Waals surface area contributed by atoms with Crippen LogP contribution in [0.4, 0.5) is 0 Å². The van der Waals surface area contributed by atoms with Gasteiger partial charge in [-0.1, -0.05) is 53.6 Å². The zero-order valence-electron chi connectivity index (χ0n) is 12.5. The monoisotopic (exact) mass is 303 g/mol. The van der Waals surface area contributed by atoms with E-state index in [1.165, 1.54) is 11.1 Å². The van der Waals surface area contributed by atoms with E-state index in [4.69, 9.17) is 11.6 Å². The van der Waals surface area contributed by atoms with Crippen LogP contribution >= 0.6 is 11.6 Å². The smallest absolute Gasteiger partial charge is 0.0914 e. The van der Waals surface area contributed by atoms with E-state index in [0.29, 0.717) is 17.6 Å². The van der Waals surface area contributed by atoms with E-state index in [2.05, 4.69) is 43.4 Å². The minimum Gasteiger partial charge on any atom is -0.387 e. The van der Waals surface area contributed by atoms with Crippen LogP contribution in [0.1, 0.15) is 29.7 Å². The highest BCUT2D eigenvalue weighted by atomic mass is 35.5. The number of hydrogen-bond acceptors (Lipinski definition) is 2. The predicted octanol–water partition coefficient (Wildman–Crippen LogP) is 3.90. The molecule has 0 unspecified atom stereocenters. The van der Waals surface area contributed by atoms with Crippen molar-refractivity contribution in [2.75, 3.05) is 6.54 Å². The number of aliphatic hydroxyl groups excluding tert-OH is 1. The molecule has 2 atom stereocenters. The van der Waals surface area contributed by atoms with E-state index in [1.54, 1.807) is 6.07 Å². The minimum atomic E-state index is -0.538. The Balaban J connectivity index is 1.83. The molecule has 2 aromatic rings. The van der Waals surface area contributed by atoms with Crippen molar-refractivity contribution in [2.45, 2.75) is 32.4 Å². The lowest BCUT2D eigenvalue weighted by Crippen LogP contribution is -2.32. The summed E-state index contributed by atoms with van der Waals surface area (Å²) in [5, 5.41) is 14.2. The molecule has 3 heteroatoms. The van der Waals surface area contributed by atoms with Crippen LogP contribution in [0.5, 0.6) is 0 Å². The first-order chi connectivity index (χ1) is 10.0. The molecular formula is C18H22ClNO. The quantitative estimate of drug-likeness (QED) is 0.848. The Morgan fingerprint density at radius 3 is 2.52 bits per heavy atom. The van der Waals surface area contributed by atoms with E-state index in [0.717, 1.165) is 12.0 Å². The van der Waals surface area contributed by atoms with E-state index in [1.807, 2.05) is 18.2 Å². The zero-order valence-corrected chi connectivity index (χ0v) is 13.3. The summed E-state index contributed by atoms with van der Waals surface area (Å²) in [6, 6.07) is 16.2. The zero-order chi connectivity index (χ0) is 15.2. The Bertz CT molecular complexity index is 568. The summed E-state index contributed by atoms with van der Waals surface area (Å²) >= 11 is 5.94. The van der Waals surface area contributed by atoms with Gasteiger partial charge in [0.2, 0.25) is 0 Å². The average Bonchev–Trinajstić information content (AvgIpc) is 2.47. The molecule has 0 fully saturated rings. The van der Waals surface area contributed by atoms with Crippen molar-refractivity contribution in [3.05, 3.63) is 70.2 Å². The topological polar surface area (TPSA) is 32.3 Å². The first-order valence-corrected chi connectivity index (χ1v) is 7.65. The maximum absolute atomic E-state index is 10.2. The average molecular weight is 304 g/mol. The number of halogens is 1. The Labute approximate surface area is 131 Å². The van der Waals surface area contributed by atoms with Crippen LogP contribution in [0.25, 0.3) is 0 Å². The summed E-state index contributed by atoms with van der Waals surface area (Å²) in [4.78, 5) is 0. The minimum absolute atomic E-state index is 0.307. The molecule has 112 valence electrons. The maximum atomic E-state index is 10.2. The highest BCUT2D eigenvalue weighted by Crippen LogP contribution is 2.17. The van der Waals surface area contributed by atoms with Gasteiger partial charge < -0.3 is 10.4 Å². The first-order valence-electron chi connectivity index (χ1n) is 7.27. The molecule has 0 aliphatic rings. The molecule has 0 heterocycles. The predicted molar refractivity (Wildman–Crippen MR) is 88.8 cm³/mol. The molecule has 0 amide bonds. The third kappa shape index (κ3) is 5.16. The van der Waals surface area contributed by atoms with Crippen molar-refractivity contribution >= 4 is 11.6 Å². The van der Waals surface area contributed by atoms with Gasteiger partial charge in [-0.25, -0.2) is 0 Å². The van der Waals surface area contributed by atoms with Crippen molar-refractivity contribution in [1.29, 1.82) is 0 Å². The van der Waals surface area contributed by atoms with Crippen molar-refractivity contribution in [3.63, 3.8) is 0 Å². The summed E-state index contributed by atoms with van der Waals surface area (Å²) in [6.45, 7) is 4.74. The normalized spacial score (nSPS) is 13.9. The molecule has 2 N–H and O–H groups in total. The molecule has 0 saturated heterocycles. The summed E-state index contributed by atoms with van der Waals surface area (Å²) in [5.74, 6) is 0. The van der Waals surface area contributed by atoms with E-state index in [9.17, 15) is 5.11 Å². The van der Waals surface area contributed by atoms with Gasteiger partial charge in [-0.2, -0.15) is 0 Å². The third-order valence-electron chi connectivity index (χ3n) is 3.56. The lowest BCUT2D eigenvalue weighted by molar-refractivity contribution is 0.170. The number of nitrogens with one attached hydrogen (secondary N) is 1. The van der Waals surface area contributed by atoms with Gasteiger partial charge in [-0.15, -0.1) is 0 Å². The highest BCUT2D eigenvalue weighted by Gasteiger charge is 2.10. The van der Waals surface area contributed by atoms with Crippen LogP contribution in [0.2, 0.25) is 5.02 Å². The lowest BCUT2D eigenvalue weighted by atomic mass is 10.0. The van der Waals surface area contributed by atoms with Crippen LogP contribution in [-0.2, 0) is 6.42 Å². The molecule has 21 heavy (non-hydrogen) atoms. The van der Waals surface area contributed by atoms with Gasteiger partial charge in [0, 0.05) is 17.6 Å². The molecule has 0 aromatic heterocycles. The number of aliphatic hydroxyl groups is 1. The number of rotatable bonds is 6. The fourth-order valence-electron chi connectivity index (χ4n) is 2.29. The van der Waals surface area contributed by atoms with Crippen LogP contribution in [-0.4, -0.2) is 17.7 Å². The summed E-state index contributed by atoms with van der Waals surface area (Å²) in [7, 11) is 0. The largest absolute Gasteiger partial charge is 0.387 e. The van der Waals surface area contributed by atoms with Crippen molar-refractivity contribution < 1.29 is 5.11 Å². The van der Waals surface area contributed by atoms with Crippen LogP contribution in [0, 0.1) is 6.92 Å². The molecule has 2 rings (SSSR count). The molecule has 0 saturated carbocycles. The van der Waals surface area contributed by atoms with E-state index < -0.39 is 6.10 Å².